The second-order valence-corrected chi connectivity index (χ2v) is 4.49. The van der Waals surface area contributed by atoms with E-state index in [0.29, 0.717) is 5.13 Å². The van der Waals surface area contributed by atoms with Gasteiger partial charge in [-0.1, -0.05) is 11.3 Å². The lowest BCUT2D eigenvalue weighted by Crippen LogP contribution is -2.14. The SMILES string of the molecule is Cc1nnc(NC(=O)c2ccc(F)cc2N)s1. The van der Waals surface area contributed by atoms with E-state index in [1.165, 1.54) is 23.5 Å². The van der Waals surface area contributed by atoms with E-state index in [2.05, 4.69) is 15.5 Å². The van der Waals surface area contributed by atoms with E-state index in [1.807, 2.05) is 0 Å². The highest BCUT2D eigenvalue weighted by Crippen LogP contribution is 2.18. The Morgan fingerprint density at radius 1 is 1.47 bits per heavy atom. The van der Waals surface area contributed by atoms with Crippen molar-refractivity contribution < 1.29 is 9.18 Å². The molecule has 88 valence electrons. The first-order valence-electron chi connectivity index (χ1n) is 4.73. The summed E-state index contributed by atoms with van der Waals surface area (Å²) in [6.45, 7) is 1.78. The molecule has 0 atom stereocenters. The number of nitrogen functional groups attached to an aromatic ring is 1. The molecule has 1 aromatic heterocycles. The first-order chi connectivity index (χ1) is 8.06. The second kappa shape index (κ2) is 4.46. The van der Waals surface area contributed by atoms with Gasteiger partial charge in [0.1, 0.15) is 10.8 Å². The van der Waals surface area contributed by atoms with Crippen LogP contribution in [0, 0.1) is 12.7 Å². The molecule has 0 saturated heterocycles. The Bertz CT molecular complexity index is 569. The lowest BCUT2D eigenvalue weighted by atomic mass is 10.1. The number of hydrogen-bond donors (Lipinski definition) is 2. The van der Waals surface area contributed by atoms with Crippen LogP contribution in [-0.4, -0.2) is 16.1 Å². The standard InChI is InChI=1S/C10H9FN4OS/c1-5-14-15-10(17-5)13-9(16)7-3-2-6(11)4-8(7)12/h2-4H,12H2,1H3,(H,13,15,16). The Balaban J connectivity index is 2.20. The van der Waals surface area contributed by atoms with Gasteiger partial charge in [-0.3, -0.25) is 10.1 Å². The van der Waals surface area contributed by atoms with Crippen molar-refractivity contribution in [2.45, 2.75) is 6.92 Å². The van der Waals surface area contributed by atoms with E-state index >= 15 is 0 Å². The van der Waals surface area contributed by atoms with Crippen molar-refractivity contribution in [3.8, 4) is 0 Å². The zero-order valence-electron chi connectivity index (χ0n) is 8.90. The Hall–Kier alpha value is -2.02. The number of nitrogens with one attached hydrogen (secondary N) is 1. The van der Waals surface area contributed by atoms with Crippen molar-refractivity contribution in [2.24, 2.45) is 0 Å². The maximum absolute atomic E-state index is 12.8. The van der Waals surface area contributed by atoms with Gasteiger partial charge in [-0.25, -0.2) is 4.39 Å². The molecule has 1 heterocycles. The molecule has 0 bridgehead atoms. The predicted molar refractivity (Wildman–Crippen MR) is 63.4 cm³/mol. The van der Waals surface area contributed by atoms with Crippen LogP contribution in [0.15, 0.2) is 18.2 Å². The van der Waals surface area contributed by atoms with Crippen molar-refractivity contribution in [3.05, 3.63) is 34.6 Å². The maximum Gasteiger partial charge on any atom is 0.259 e. The molecule has 0 aliphatic rings. The van der Waals surface area contributed by atoms with E-state index < -0.39 is 11.7 Å². The highest BCUT2D eigenvalue weighted by molar-refractivity contribution is 7.15. The molecular formula is C10H9FN4OS. The van der Waals surface area contributed by atoms with E-state index in [1.54, 1.807) is 6.92 Å². The minimum absolute atomic E-state index is 0.0868. The van der Waals surface area contributed by atoms with Crippen LogP contribution in [0.3, 0.4) is 0 Å². The highest BCUT2D eigenvalue weighted by Gasteiger charge is 2.12. The van der Waals surface area contributed by atoms with Gasteiger partial charge < -0.3 is 5.73 Å². The van der Waals surface area contributed by atoms with Gasteiger partial charge in [0.05, 0.1) is 5.56 Å². The summed E-state index contributed by atoms with van der Waals surface area (Å²) in [6.07, 6.45) is 0. The third-order valence-corrected chi connectivity index (χ3v) is 2.76. The van der Waals surface area contributed by atoms with Crippen LogP contribution in [0.25, 0.3) is 0 Å². The summed E-state index contributed by atoms with van der Waals surface area (Å²) in [5, 5.41) is 11.2. The van der Waals surface area contributed by atoms with Crippen molar-refractivity contribution in [3.63, 3.8) is 0 Å². The lowest BCUT2D eigenvalue weighted by Gasteiger charge is -2.04. The first-order valence-corrected chi connectivity index (χ1v) is 5.54. The quantitative estimate of drug-likeness (QED) is 0.799. The molecular weight excluding hydrogens is 243 g/mol. The van der Waals surface area contributed by atoms with Crippen molar-refractivity contribution >= 4 is 28.1 Å². The number of hydrogen-bond acceptors (Lipinski definition) is 5. The summed E-state index contributed by atoms with van der Waals surface area (Å²) < 4.78 is 12.8. The molecule has 1 aromatic carbocycles. The topological polar surface area (TPSA) is 80.9 Å². The fraction of sp³-hybridized carbons (Fsp3) is 0.100. The maximum atomic E-state index is 12.8. The van der Waals surface area contributed by atoms with Gasteiger partial charge in [-0.05, 0) is 25.1 Å². The zero-order valence-corrected chi connectivity index (χ0v) is 9.71. The molecule has 0 unspecified atom stereocenters. The summed E-state index contributed by atoms with van der Waals surface area (Å²) in [5.74, 6) is -0.913. The highest BCUT2D eigenvalue weighted by atomic mass is 32.1. The smallest absolute Gasteiger partial charge is 0.259 e. The minimum atomic E-state index is -0.481. The van der Waals surface area contributed by atoms with Crippen LogP contribution in [0.2, 0.25) is 0 Å². The number of nitrogens with zero attached hydrogens (tertiary/aromatic N) is 2. The third-order valence-electron chi connectivity index (χ3n) is 2.00. The molecule has 0 aliphatic heterocycles. The molecule has 0 saturated carbocycles. The molecule has 2 aromatic rings. The number of benzene rings is 1. The van der Waals surface area contributed by atoms with Crippen LogP contribution in [0.4, 0.5) is 15.2 Å². The summed E-state index contributed by atoms with van der Waals surface area (Å²) >= 11 is 1.25. The predicted octanol–water partition coefficient (Wildman–Crippen LogP) is 1.82. The van der Waals surface area contributed by atoms with E-state index in [-0.39, 0.29) is 11.3 Å². The minimum Gasteiger partial charge on any atom is -0.398 e. The third kappa shape index (κ3) is 2.56. The molecule has 2 rings (SSSR count). The van der Waals surface area contributed by atoms with E-state index in [4.69, 9.17) is 5.73 Å². The van der Waals surface area contributed by atoms with Crippen LogP contribution in [-0.2, 0) is 0 Å². The summed E-state index contributed by atoms with van der Waals surface area (Å²) in [7, 11) is 0. The van der Waals surface area contributed by atoms with Gasteiger partial charge in [0.25, 0.3) is 5.91 Å². The molecule has 5 nitrogen and oxygen atoms in total. The number of aromatic nitrogens is 2. The lowest BCUT2D eigenvalue weighted by molar-refractivity contribution is 0.102. The molecule has 0 radical (unpaired) electrons. The van der Waals surface area contributed by atoms with Gasteiger partial charge >= 0.3 is 0 Å². The van der Waals surface area contributed by atoms with E-state index in [9.17, 15) is 9.18 Å². The number of carbonyl (C=O) groups is 1. The second-order valence-electron chi connectivity index (χ2n) is 3.31. The average molecular weight is 252 g/mol. The molecule has 1 amide bonds. The number of carbonyl (C=O) groups excluding carboxylic acids is 1. The number of aryl methyl sites for hydroxylation is 1. The molecule has 0 fully saturated rings. The number of rotatable bonds is 2. The van der Waals surface area contributed by atoms with Crippen LogP contribution < -0.4 is 11.1 Å². The zero-order chi connectivity index (χ0) is 12.4. The van der Waals surface area contributed by atoms with Crippen molar-refractivity contribution in [1.82, 2.24) is 10.2 Å². The summed E-state index contributed by atoms with van der Waals surface area (Å²) in [6, 6.07) is 3.60. The Morgan fingerprint density at radius 3 is 2.82 bits per heavy atom. The molecule has 3 N–H and O–H groups in total. The molecule has 0 aliphatic carbocycles. The molecule has 7 heteroatoms. The van der Waals surface area contributed by atoms with Crippen LogP contribution in [0.5, 0.6) is 0 Å². The van der Waals surface area contributed by atoms with Gasteiger partial charge in [0.15, 0.2) is 0 Å². The monoisotopic (exact) mass is 252 g/mol. The summed E-state index contributed by atoms with van der Waals surface area (Å²) in [4.78, 5) is 11.8. The average Bonchev–Trinajstić information content (AvgIpc) is 2.63. The Labute approximate surface area is 100 Å². The molecule has 17 heavy (non-hydrogen) atoms. The normalized spacial score (nSPS) is 10.2. The largest absolute Gasteiger partial charge is 0.398 e. The van der Waals surface area contributed by atoms with E-state index in [0.717, 1.165) is 11.1 Å². The number of amides is 1. The van der Waals surface area contributed by atoms with Gasteiger partial charge in [-0.15, -0.1) is 10.2 Å². The number of halogens is 1. The van der Waals surface area contributed by atoms with Crippen molar-refractivity contribution in [1.29, 1.82) is 0 Å². The Kier molecular flexibility index (Phi) is 3.01. The van der Waals surface area contributed by atoms with Gasteiger partial charge in [0.2, 0.25) is 5.13 Å². The number of nitrogens with two attached hydrogens (primary N) is 1. The fourth-order valence-corrected chi connectivity index (χ4v) is 1.84. The fourth-order valence-electron chi connectivity index (χ4n) is 1.25. The van der Waals surface area contributed by atoms with Crippen molar-refractivity contribution in [2.75, 3.05) is 11.1 Å². The van der Waals surface area contributed by atoms with Gasteiger partial charge in [0, 0.05) is 5.69 Å². The number of anilines is 2. The van der Waals surface area contributed by atoms with Crippen LogP contribution >= 0.6 is 11.3 Å². The molecule has 0 spiro atoms. The van der Waals surface area contributed by atoms with Gasteiger partial charge in [-0.2, -0.15) is 0 Å². The first kappa shape index (κ1) is 11.5. The summed E-state index contributed by atoms with van der Waals surface area (Å²) in [5.41, 5.74) is 5.84. The van der Waals surface area contributed by atoms with Crippen LogP contribution in [0.1, 0.15) is 15.4 Å². The Morgan fingerprint density at radius 2 is 2.24 bits per heavy atom.